The van der Waals surface area contributed by atoms with Crippen molar-refractivity contribution in [1.82, 2.24) is 0 Å². The minimum atomic E-state index is 0.0977. The van der Waals surface area contributed by atoms with E-state index in [1.807, 2.05) is 30.3 Å². The number of Topliss-reactive ketones (excluding diaryl/α,β-unsaturated/α-hetero) is 1. The number of ketones is 1. The minimum absolute atomic E-state index is 0.0977. The van der Waals surface area contributed by atoms with Crippen LogP contribution in [-0.4, -0.2) is 5.78 Å². The summed E-state index contributed by atoms with van der Waals surface area (Å²) in [4.78, 5) is 11.1. The van der Waals surface area contributed by atoms with Crippen LogP contribution in [-0.2, 0) is 11.2 Å². The van der Waals surface area contributed by atoms with E-state index in [1.165, 1.54) is 0 Å². The highest BCUT2D eigenvalue weighted by Gasteiger charge is 2.08. The van der Waals surface area contributed by atoms with Gasteiger partial charge in [-0.2, -0.15) is 0 Å². The molecular weight excluding hydrogens is 200 g/mol. The molecule has 0 heterocycles. The molecule has 0 aliphatic rings. The topological polar surface area (TPSA) is 69.1 Å². The maximum absolute atomic E-state index is 11.1. The number of benzene rings is 2. The molecule has 0 fully saturated rings. The third-order valence-electron chi connectivity index (χ3n) is 2.65. The number of hydrogen-bond acceptors (Lipinski definition) is 3. The fraction of sp³-hybridized carbons (Fsp3) is 0.154. The van der Waals surface area contributed by atoms with Crippen molar-refractivity contribution in [1.29, 1.82) is 0 Å². The van der Waals surface area contributed by atoms with Gasteiger partial charge >= 0.3 is 0 Å². The molecule has 0 saturated heterocycles. The van der Waals surface area contributed by atoms with Crippen LogP contribution in [0.15, 0.2) is 30.3 Å². The van der Waals surface area contributed by atoms with E-state index < -0.39 is 0 Å². The molecule has 3 heteroatoms. The van der Waals surface area contributed by atoms with Crippen molar-refractivity contribution in [2.45, 2.75) is 13.3 Å². The van der Waals surface area contributed by atoms with Gasteiger partial charge in [0.25, 0.3) is 0 Å². The summed E-state index contributed by atoms with van der Waals surface area (Å²) in [5, 5.41) is 1.85. The highest BCUT2D eigenvalue weighted by Crippen LogP contribution is 2.29. The molecule has 0 aliphatic carbocycles. The molecule has 0 aromatic heterocycles. The van der Waals surface area contributed by atoms with Crippen molar-refractivity contribution in [3.8, 4) is 0 Å². The summed E-state index contributed by atoms with van der Waals surface area (Å²) in [6.45, 7) is 1.55. The Morgan fingerprint density at radius 2 is 1.94 bits per heavy atom. The molecule has 0 atom stereocenters. The third kappa shape index (κ3) is 1.72. The second-order valence-electron chi connectivity index (χ2n) is 3.96. The fourth-order valence-corrected chi connectivity index (χ4v) is 1.90. The lowest BCUT2D eigenvalue weighted by atomic mass is 10.00. The van der Waals surface area contributed by atoms with Crippen LogP contribution in [0.2, 0.25) is 0 Å². The van der Waals surface area contributed by atoms with Crippen LogP contribution < -0.4 is 11.5 Å². The number of carbonyl (C=O) groups excluding carboxylic acids is 1. The van der Waals surface area contributed by atoms with E-state index in [-0.39, 0.29) is 5.78 Å². The van der Waals surface area contributed by atoms with Gasteiger partial charge in [-0.1, -0.05) is 24.3 Å². The molecule has 2 aromatic rings. The normalized spacial score (nSPS) is 10.6. The Labute approximate surface area is 94.0 Å². The Bertz CT molecular complexity index is 561. The smallest absolute Gasteiger partial charge is 0.134 e. The van der Waals surface area contributed by atoms with Crippen LogP contribution in [0, 0.1) is 0 Å². The molecule has 0 amide bonds. The zero-order valence-electron chi connectivity index (χ0n) is 9.16. The van der Waals surface area contributed by atoms with Gasteiger partial charge in [-0.25, -0.2) is 0 Å². The molecule has 0 unspecified atom stereocenters. The molecular formula is C13H14N2O. The van der Waals surface area contributed by atoms with E-state index in [9.17, 15) is 4.79 Å². The van der Waals surface area contributed by atoms with Crippen molar-refractivity contribution < 1.29 is 4.79 Å². The predicted octanol–water partition coefficient (Wildman–Crippen LogP) is 2.14. The summed E-state index contributed by atoms with van der Waals surface area (Å²) < 4.78 is 0. The highest BCUT2D eigenvalue weighted by atomic mass is 16.1. The van der Waals surface area contributed by atoms with Crippen LogP contribution >= 0.6 is 0 Å². The van der Waals surface area contributed by atoms with Gasteiger partial charge in [0.1, 0.15) is 5.78 Å². The summed E-state index contributed by atoms with van der Waals surface area (Å²) in [6.07, 6.45) is 0.357. The summed E-state index contributed by atoms with van der Waals surface area (Å²) in [6, 6.07) is 9.50. The maximum Gasteiger partial charge on any atom is 0.134 e. The minimum Gasteiger partial charge on any atom is -0.398 e. The van der Waals surface area contributed by atoms with Gasteiger partial charge in [-0.05, 0) is 23.9 Å². The molecule has 0 bridgehead atoms. The average Bonchev–Trinajstić information content (AvgIpc) is 2.22. The number of nitrogen functional groups attached to an aromatic ring is 2. The second kappa shape index (κ2) is 3.85. The van der Waals surface area contributed by atoms with Crippen LogP contribution in [0.3, 0.4) is 0 Å². The van der Waals surface area contributed by atoms with Gasteiger partial charge in [0, 0.05) is 23.2 Å². The van der Waals surface area contributed by atoms with E-state index >= 15 is 0 Å². The summed E-state index contributed by atoms with van der Waals surface area (Å²) in [7, 11) is 0. The summed E-state index contributed by atoms with van der Waals surface area (Å²) in [5.74, 6) is 0.0977. The third-order valence-corrected chi connectivity index (χ3v) is 2.65. The molecule has 0 aliphatic heterocycles. The largest absolute Gasteiger partial charge is 0.398 e. The zero-order valence-corrected chi connectivity index (χ0v) is 9.16. The van der Waals surface area contributed by atoms with Gasteiger partial charge in [-0.15, -0.1) is 0 Å². The first-order valence-corrected chi connectivity index (χ1v) is 5.14. The van der Waals surface area contributed by atoms with Gasteiger partial charge in [0.05, 0.1) is 0 Å². The number of nitrogens with two attached hydrogens (primary N) is 2. The van der Waals surface area contributed by atoms with Crippen LogP contribution in [0.5, 0.6) is 0 Å². The Morgan fingerprint density at radius 1 is 1.19 bits per heavy atom. The number of fused-ring (bicyclic) bond motifs is 1. The number of hydrogen-bond donors (Lipinski definition) is 2. The predicted molar refractivity (Wildman–Crippen MR) is 67.2 cm³/mol. The number of carbonyl (C=O) groups is 1. The molecule has 2 rings (SSSR count). The Morgan fingerprint density at radius 3 is 2.62 bits per heavy atom. The van der Waals surface area contributed by atoms with Crippen molar-refractivity contribution in [2.75, 3.05) is 11.5 Å². The van der Waals surface area contributed by atoms with E-state index in [2.05, 4.69) is 0 Å². The lowest BCUT2D eigenvalue weighted by Gasteiger charge is -2.09. The van der Waals surface area contributed by atoms with Crippen LogP contribution in [0.1, 0.15) is 12.5 Å². The Balaban J connectivity index is 2.68. The number of anilines is 2. The molecule has 0 spiro atoms. The van der Waals surface area contributed by atoms with E-state index in [4.69, 9.17) is 11.5 Å². The SMILES string of the molecule is CC(=O)Cc1ccc2cccc(N)c2c1N. The van der Waals surface area contributed by atoms with Crippen molar-refractivity contribution in [3.05, 3.63) is 35.9 Å². The van der Waals surface area contributed by atoms with E-state index in [1.54, 1.807) is 6.92 Å². The van der Waals surface area contributed by atoms with Crippen LogP contribution in [0.4, 0.5) is 11.4 Å². The van der Waals surface area contributed by atoms with E-state index in [0.29, 0.717) is 17.8 Å². The first-order chi connectivity index (χ1) is 7.59. The molecule has 2 aromatic carbocycles. The van der Waals surface area contributed by atoms with Gasteiger partial charge in [-0.3, -0.25) is 4.79 Å². The van der Waals surface area contributed by atoms with Crippen LogP contribution in [0.25, 0.3) is 10.8 Å². The number of rotatable bonds is 2. The maximum atomic E-state index is 11.1. The fourth-order valence-electron chi connectivity index (χ4n) is 1.90. The molecule has 16 heavy (non-hydrogen) atoms. The summed E-state index contributed by atoms with van der Waals surface area (Å²) >= 11 is 0. The average molecular weight is 214 g/mol. The summed E-state index contributed by atoms with van der Waals surface area (Å²) in [5.41, 5.74) is 14.0. The lowest BCUT2D eigenvalue weighted by Crippen LogP contribution is -2.02. The zero-order chi connectivity index (χ0) is 11.7. The first-order valence-electron chi connectivity index (χ1n) is 5.14. The van der Waals surface area contributed by atoms with Gasteiger partial charge in [0.2, 0.25) is 0 Å². The molecule has 82 valence electrons. The molecule has 0 saturated carbocycles. The molecule has 4 N–H and O–H groups in total. The quantitative estimate of drug-likeness (QED) is 0.752. The lowest BCUT2D eigenvalue weighted by molar-refractivity contribution is -0.116. The molecule has 3 nitrogen and oxygen atoms in total. The Hall–Kier alpha value is -2.03. The highest BCUT2D eigenvalue weighted by molar-refractivity contribution is 6.03. The van der Waals surface area contributed by atoms with Crippen molar-refractivity contribution >= 4 is 27.9 Å². The monoisotopic (exact) mass is 214 g/mol. The van der Waals surface area contributed by atoms with E-state index in [0.717, 1.165) is 16.3 Å². The van der Waals surface area contributed by atoms with Crippen molar-refractivity contribution in [3.63, 3.8) is 0 Å². The van der Waals surface area contributed by atoms with Crippen molar-refractivity contribution in [2.24, 2.45) is 0 Å². The molecule has 0 radical (unpaired) electrons. The second-order valence-corrected chi connectivity index (χ2v) is 3.96. The first kappa shape index (κ1) is 10.5. The Kier molecular flexibility index (Phi) is 2.52. The van der Waals surface area contributed by atoms with Gasteiger partial charge in [0.15, 0.2) is 0 Å². The van der Waals surface area contributed by atoms with Gasteiger partial charge < -0.3 is 11.5 Å². The standard InChI is InChI=1S/C13H14N2O/c1-8(16)7-10-6-5-9-3-2-4-11(14)12(9)13(10)15/h2-6H,7,14-15H2,1H3.